The van der Waals surface area contributed by atoms with Crippen molar-refractivity contribution in [3.05, 3.63) is 0 Å². The minimum absolute atomic E-state index is 0.204. The lowest BCUT2D eigenvalue weighted by Crippen LogP contribution is -2.44. The summed E-state index contributed by atoms with van der Waals surface area (Å²) in [7, 11) is 0. The fourth-order valence-corrected chi connectivity index (χ4v) is 2.95. The van der Waals surface area contributed by atoms with Crippen molar-refractivity contribution in [2.75, 3.05) is 19.7 Å². The van der Waals surface area contributed by atoms with Gasteiger partial charge in [0.25, 0.3) is 0 Å². The molecular formula is C19H32N2O4. The number of nitrogens with zero attached hydrogens (tertiary/aromatic N) is 2. The molecule has 0 aromatic rings. The second kappa shape index (κ2) is 11.9. The zero-order valence-corrected chi connectivity index (χ0v) is 15.8. The van der Waals surface area contributed by atoms with Crippen molar-refractivity contribution in [1.29, 1.82) is 0 Å². The Kier molecular flexibility index (Phi) is 10.2. The molecule has 0 saturated carbocycles. The molecule has 0 aromatic carbocycles. The second-order valence-corrected chi connectivity index (χ2v) is 6.72. The maximum Gasteiger partial charge on any atom is 0.226 e. The predicted molar refractivity (Wildman–Crippen MR) is 94.7 cm³/mol. The number of carboxylic acid groups (broad SMARTS) is 1. The van der Waals surface area contributed by atoms with E-state index in [1.54, 1.807) is 23.5 Å². The lowest BCUT2D eigenvalue weighted by atomic mass is 10.1. The van der Waals surface area contributed by atoms with Gasteiger partial charge in [0.15, 0.2) is 12.6 Å². The van der Waals surface area contributed by atoms with Crippen LogP contribution in [0.2, 0.25) is 0 Å². The van der Waals surface area contributed by atoms with Crippen LogP contribution in [0.3, 0.4) is 0 Å². The lowest BCUT2D eigenvalue weighted by Gasteiger charge is -2.22. The highest BCUT2D eigenvalue weighted by Crippen LogP contribution is 2.10. The Balaban J connectivity index is 2.56. The minimum Gasteiger partial charge on any atom is -0.544 e. The summed E-state index contributed by atoms with van der Waals surface area (Å²) in [5, 5.41) is 22.4. The number of hydroxylamine groups is 2. The van der Waals surface area contributed by atoms with Crippen LogP contribution >= 0.6 is 0 Å². The smallest absolute Gasteiger partial charge is 0.226 e. The molecular weight excluding hydrogens is 320 g/mol. The highest BCUT2D eigenvalue weighted by molar-refractivity contribution is 5.94. The van der Waals surface area contributed by atoms with Gasteiger partial charge in [0.05, 0.1) is 12.7 Å². The molecule has 1 aliphatic heterocycles. The number of carboxylic acids is 1. The molecule has 25 heavy (non-hydrogen) atoms. The third-order valence-corrected chi connectivity index (χ3v) is 4.27. The summed E-state index contributed by atoms with van der Waals surface area (Å²) in [6, 6.07) is 2.73. The first-order valence-electron chi connectivity index (χ1n) is 9.34. The normalized spacial score (nSPS) is 18.6. The number of rotatable bonds is 12. The van der Waals surface area contributed by atoms with Gasteiger partial charge in [-0.1, -0.05) is 39.0 Å². The van der Waals surface area contributed by atoms with Crippen LogP contribution < -0.4 is 5.11 Å². The monoisotopic (exact) mass is 352 g/mol. The summed E-state index contributed by atoms with van der Waals surface area (Å²) in [4.78, 5) is 16.8. The summed E-state index contributed by atoms with van der Waals surface area (Å²) in [5.41, 5.74) is 0.653. The van der Waals surface area contributed by atoms with Crippen LogP contribution in [-0.2, 0) is 9.63 Å². The van der Waals surface area contributed by atoms with E-state index in [0.717, 1.165) is 12.8 Å². The first-order valence-corrected chi connectivity index (χ1v) is 9.34. The average Bonchev–Trinajstić information content (AvgIpc) is 2.67. The number of aliphatic hydroxyl groups is 1. The van der Waals surface area contributed by atoms with Crippen molar-refractivity contribution in [2.24, 2.45) is 0 Å². The SMILES string of the molecule is CCCCCCCCON1C#CC(C)=[N+](CC(=O)[O-])C(CC(C)O)C1. The van der Waals surface area contributed by atoms with E-state index in [-0.39, 0.29) is 12.6 Å². The first-order chi connectivity index (χ1) is 11.9. The summed E-state index contributed by atoms with van der Waals surface area (Å²) < 4.78 is 1.68. The Morgan fingerprint density at radius 2 is 2.08 bits per heavy atom. The van der Waals surface area contributed by atoms with E-state index in [4.69, 9.17) is 4.84 Å². The molecule has 1 N–H and O–H groups in total. The van der Waals surface area contributed by atoms with Gasteiger partial charge in [0.2, 0.25) is 5.71 Å². The number of aliphatic carboxylic acids is 1. The van der Waals surface area contributed by atoms with Crippen molar-refractivity contribution in [3.63, 3.8) is 0 Å². The van der Waals surface area contributed by atoms with Crippen molar-refractivity contribution >= 4 is 11.7 Å². The van der Waals surface area contributed by atoms with Gasteiger partial charge in [-0.3, -0.25) is 4.84 Å². The van der Waals surface area contributed by atoms with Crippen LogP contribution in [0.15, 0.2) is 0 Å². The predicted octanol–water partition coefficient (Wildman–Crippen LogP) is 0.918. The van der Waals surface area contributed by atoms with Crippen LogP contribution in [0.4, 0.5) is 0 Å². The Morgan fingerprint density at radius 1 is 1.40 bits per heavy atom. The van der Waals surface area contributed by atoms with Crippen molar-refractivity contribution in [3.8, 4) is 12.0 Å². The van der Waals surface area contributed by atoms with Crippen LogP contribution in [0.5, 0.6) is 0 Å². The maximum absolute atomic E-state index is 11.0. The molecule has 6 nitrogen and oxygen atoms in total. The molecule has 1 heterocycles. The van der Waals surface area contributed by atoms with E-state index in [2.05, 4.69) is 18.9 Å². The third kappa shape index (κ3) is 8.89. The second-order valence-electron chi connectivity index (χ2n) is 6.72. The molecule has 0 saturated heterocycles. The number of aliphatic hydroxyl groups excluding tert-OH is 1. The van der Waals surface area contributed by atoms with Gasteiger partial charge in [0.1, 0.15) is 12.5 Å². The number of carbonyl (C=O) groups is 1. The van der Waals surface area contributed by atoms with Crippen molar-refractivity contribution < 1.29 is 24.4 Å². The Morgan fingerprint density at radius 3 is 2.72 bits per heavy atom. The fraction of sp³-hybridized carbons (Fsp3) is 0.789. The molecule has 6 heteroatoms. The summed E-state index contributed by atoms with van der Waals surface area (Å²) in [6.07, 6.45) is 7.02. The van der Waals surface area contributed by atoms with Crippen LogP contribution in [0.1, 0.15) is 65.7 Å². The van der Waals surface area contributed by atoms with Gasteiger partial charge in [-0.2, -0.15) is 0 Å². The number of hydrogen-bond donors (Lipinski definition) is 1. The first kappa shape index (κ1) is 21.5. The molecule has 0 aliphatic carbocycles. The van der Waals surface area contributed by atoms with Gasteiger partial charge < -0.3 is 15.0 Å². The van der Waals surface area contributed by atoms with E-state index in [0.29, 0.717) is 25.3 Å². The molecule has 0 radical (unpaired) electrons. The van der Waals surface area contributed by atoms with Crippen LogP contribution in [0.25, 0.3) is 0 Å². The Hall–Kier alpha value is -1.58. The summed E-state index contributed by atoms with van der Waals surface area (Å²) >= 11 is 0. The molecule has 1 aliphatic rings. The van der Waals surface area contributed by atoms with Crippen LogP contribution in [0, 0.1) is 12.0 Å². The van der Waals surface area contributed by atoms with Gasteiger partial charge in [0, 0.05) is 25.3 Å². The average molecular weight is 352 g/mol. The van der Waals surface area contributed by atoms with Crippen LogP contribution in [-0.4, -0.2) is 58.3 Å². The Bertz CT molecular complexity index is 505. The summed E-state index contributed by atoms with van der Waals surface area (Å²) in [6.45, 7) is 6.47. The molecule has 142 valence electrons. The molecule has 1 rings (SSSR count). The largest absolute Gasteiger partial charge is 0.544 e. The highest BCUT2D eigenvalue weighted by Gasteiger charge is 2.29. The molecule has 2 atom stereocenters. The third-order valence-electron chi connectivity index (χ3n) is 4.27. The van der Waals surface area contributed by atoms with E-state index < -0.39 is 12.1 Å². The quantitative estimate of drug-likeness (QED) is 0.321. The molecule has 0 amide bonds. The minimum atomic E-state index is -1.15. The van der Waals surface area contributed by atoms with E-state index >= 15 is 0 Å². The molecule has 0 bridgehead atoms. The van der Waals surface area contributed by atoms with E-state index in [1.807, 2.05) is 0 Å². The zero-order valence-electron chi connectivity index (χ0n) is 15.8. The highest BCUT2D eigenvalue weighted by atomic mass is 16.7. The molecule has 0 spiro atoms. The van der Waals surface area contributed by atoms with Gasteiger partial charge in [-0.15, -0.1) is 0 Å². The number of unbranched alkanes of at least 4 members (excludes halogenated alkanes) is 5. The number of carbonyl (C=O) groups excluding carboxylic acids is 1. The zero-order chi connectivity index (χ0) is 18.7. The molecule has 0 aromatic heterocycles. The van der Waals surface area contributed by atoms with Gasteiger partial charge in [-0.25, -0.2) is 9.64 Å². The van der Waals surface area contributed by atoms with Crippen molar-refractivity contribution in [2.45, 2.75) is 77.9 Å². The fourth-order valence-electron chi connectivity index (χ4n) is 2.95. The molecule has 2 unspecified atom stereocenters. The van der Waals surface area contributed by atoms with E-state index in [9.17, 15) is 15.0 Å². The van der Waals surface area contributed by atoms with E-state index in [1.165, 1.54) is 25.7 Å². The number of hydrogen-bond acceptors (Lipinski definition) is 5. The maximum atomic E-state index is 11.0. The molecule has 0 fully saturated rings. The van der Waals surface area contributed by atoms with Gasteiger partial charge >= 0.3 is 0 Å². The lowest BCUT2D eigenvalue weighted by molar-refractivity contribution is -0.568. The topological polar surface area (TPSA) is 75.8 Å². The Labute approximate surface area is 151 Å². The standard InChI is InChI=1S/C19H32N2O4/c1-4-5-6-7-8-9-12-25-20-11-10-16(2)21(15-19(23)24)18(14-20)13-17(3)22/h17-18,22H,4-9,12-15H2,1-3H3. The summed E-state index contributed by atoms with van der Waals surface area (Å²) in [5.74, 6) is 1.79. The van der Waals surface area contributed by atoms with Gasteiger partial charge in [-0.05, 0) is 13.3 Å². The van der Waals surface area contributed by atoms with Crippen molar-refractivity contribution in [1.82, 2.24) is 5.06 Å².